The molecule has 6 nitrogen and oxygen atoms in total. The monoisotopic (exact) mass is 289 g/mol. The molecule has 110 valence electrons. The molecule has 1 aliphatic rings. The number of fused-ring (bicyclic) bond motifs is 1. The lowest BCUT2D eigenvalue weighted by molar-refractivity contribution is 0.0953. The number of nitrogen functional groups attached to an aromatic ring is 1. The zero-order chi connectivity index (χ0) is 14.8. The summed E-state index contributed by atoms with van der Waals surface area (Å²) in [5, 5.41) is 0. The molecule has 2 heterocycles. The summed E-state index contributed by atoms with van der Waals surface area (Å²) in [5.41, 5.74) is 2.89. The predicted molar refractivity (Wildman–Crippen MR) is 74.4 cm³/mol. The van der Waals surface area contributed by atoms with E-state index in [9.17, 15) is 9.18 Å². The number of carbonyl (C=O) groups excluding carboxylic acids is 1. The smallest absolute Gasteiger partial charge is 0.265 e. The highest BCUT2D eigenvalue weighted by atomic mass is 19.1. The van der Waals surface area contributed by atoms with Gasteiger partial charge in [0.05, 0.1) is 6.54 Å². The number of hydrogen-bond acceptors (Lipinski definition) is 4. The van der Waals surface area contributed by atoms with Crippen LogP contribution in [0.4, 0.5) is 4.39 Å². The minimum absolute atomic E-state index is 0.322. The Labute approximate surface area is 121 Å². The number of nitrogens with two attached hydrogens (primary N) is 1. The molecule has 0 saturated carbocycles. The van der Waals surface area contributed by atoms with Crippen LogP contribution in [0.1, 0.15) is 21.7 Å². The summed E-state index contributed by atoms with van der Waals surface area (Å²) in [4.78, 5) is 17.9. The van der Waals surface area contributed by atoms with E-state index in [-0.39, 0.29) is 5.82 Å². The summed E-state index contributed by atoms with van der Waals surface area (Å²) >= 11 is 0. The second-order valence-corrected chi connectivity index (χ2v) is 5.03. The van der Waals surface area contributed by atoms with Crippen molar-refractivity contribution in [3.05, 3.63) is 53.4 Å². The number of nitrogens with zero attached hydrogens (tertiary/aromatic N) is 3. The van der Waals surface area contributed by atoms with Gasteiger partial charge < -0.3 is 4.57 Å². The largest absolute Gasteiger partial charge is 0.333 e. The van der Waals surface area contributed by atoms with E-state index in [0.29, 0.717) is 24.2 Å². The van der Waals surface area contributed by atoms with Crippen molar-refractivity contribution < 1.29 is 9.18 Å². The molecule has 2 aromatic rings. The van der Waals surface area contributed by atoms with Crippen molar-refractivity contribution in [3.63, 3.8) is 0 Å². The average Bonchev–Trinajstić information content (AvgIpc) is 2.96. The molecule has 0 saturated heterocycles. The van der Waals surface area contributed by atoms with E-state index in [1.807, 2.05) is 6.20 Å². The fourth-order valence-corrected chi connectivity index (χ4v) is 2.52. The van der Waals surface area contributed by atoms with E-state index in [4.69, 9.17) is 5.84 Å². The van der Waals surface area contributed by atoms with Gasteiger partial charge in [-0.2, -0.15) is 0 Å². The number of hydrogen-bond donors (Lipinski definition) is 2. The zero-order valence-electron chi connectivity index (χ0n) is 11.4. The SMILES string of the molecule is NNC(=O)c1ccc(F)c(CN2CCn3ccnc3C2)c1. The van der Waals surface area contributed by atoms with E-state index < -0.39 is 5.91 Å². The van der Waals surface area contributed by atoms with Crippen molar-refractivity contribution in [2.45, 2.75) is 19.6 Å². The second kappa shape index (κ2) is 5.63. The van der Waals surface area contributed by atoms with Crippen LogP contribution in [0.2, 0.25) is 0 Å². The molecule has 0 atom stereocenters. The van der Waals surface area contributed by atoms with Crippen LogP contribution in [0.5, 0.6) is 0 Å². The standard InChI is InChI=1S/C14H16FN5O/c15-12-2-1-10(14(21)18-16)7-11(12)8-19-5-6-20-4-3-17-13(20)9-19/h1-4,7H,5-6,8-9,16H2,(H,18,21). The lowest BCUT2D eigenvalue weighted by Crippen LogP contribution is -2.33. The molecule has 3 rings (SSSR count). The van der Waals surface area contributed by atoms with Crippen LogP contribution in [-0.4, -0.2) is 26.9 Å². The molecule has 0 bridgehead atoms. The highest BCUT2D eigenvalue weighted by molar-refractivity contribution is 5.93. The van der Waals surface area contributed by atoms with Crippen molar-refractivity contribution in [2.24, 2.45) is 5.84 Å². The van der Waals surface area contributed by atoms with Crippen LogP contribution in [0, 0.1) is 5.82 Å². The normalized spacial score (nSPS) is 14.8. The number of carbonyl (C=O) groups is 1. The minimum atomic E-state index is -0.426. The third kappa shape index (κ3) is 2.79. The second-order valence-electron chi connectivity index (χ2n) is 5.03. The molecular weight excluding hydrogens is 273 g/mol. The van der Waals surface area contributed by atoms with E-state index >= 15 is 0 Å². The van der Waals surface area contributed by atoms with Gasteiger partial charge in [0.15, 0.2) is 0 Å². The first kappa shape index (κ1) is 13.7. The molecule has 0 radical (unpaired) electrons. The van der Waals surface area contributed by atoms with Gasteiger partial charge in [0.25, 0.3) is 5.91 Å². The van der Waals surface area contributed by atoms with E-state index in [2.05, 4.69) is 19.9 Å². The fraction of sp³-hybridized carbons (Fsp3) is 0.286. The summed E-state index contributed by atoms with van der Waals surface area (Å²) in [5.74, 6) is 5.33. The maximum Gasteiger partial charge on any atom is 0.265 e. The van der Waals surface area contributed by atoms with Gasteiger partial charge in [-0.15, -0.1) is 0 Å². The molecule has 0 aliphatic carbocycles. The molecule has 21 heavy (non-hydrogen) atoms. The number of imidazole rings is 1. The number of nitrogens with one attached hydrogen (secondary N) is 1. The molecule has 0 fully saturated rings. The van der Waals surface area contributed by atoms with Crippen molar-refractivity contribution >= 4 is 5.91 Å². The third-order valence-corrected chi connectivity index (χ3v) is 3.66. The lowest BCUT2D eigenvalue weighted by Gasteiger charge is -2.27. The lowest BCUT2D eigenvalue weighted by atomic mass is 10.1. The van der Waals surface area contributed by atoms with E-state index in [1.54, 1.807) is 12.3 Å². The highest BCUT2D eigenvalue weighted by Crippen LogP contribution is 2.17. The van der Waals surface area contributed by atoms with Crippen LogP contribution >= 0.6 is 0 Å². The van der Waals surface area contributed by atoms with Gasteiger partial charge in [-0.3, -0.25) is 15.1 Å². The summed E-state index contributed by atoms with van der Waals surface area (Å²) < 4.78 is 16.0. The molecular formula is C14H16FN5O. The van der Waals surface area contributed by atoms with Crippen molar-refractivity contribution in [1.29, 1.82) is 0 Å². The predicted octanol–water partition coefficient (Wildman–Crippen LogP) is 0.641. The highest BCUT2D eigenvalue weighted by Gasteiger charge is 2.18. The number of aromatic nitrogens is 2. The Morgan fingerprint density at radius 1 is 1.43 bits per heavy atom. The maximum absolute atomic E-state index is 13.9. The molecule has 0 unspecified atom stereocenters. The topological polar surface area (TPSA) is 76.2 Å². The first-order valence-corrected chi connectivity index (χ1v) is 6.69. The number of amides is 1. The van der Waals surface area contributed by atoms with Gasteiger partial charge in [-0.25, -0.2) is 15.2 Å². The summed E-state index contributed by atoms with van der Waals surface area (Å²) in [6.45, 7) is 2.75. The van der Waals surface area contributed by atoms with Gasteiger partial charge in [-0.05, 0) is 18.2 Å². The number of halogens is 1. The Kier molecular flexibility index (Phi) is 3.68. The summed E-state index contributed by atoms with van der Waals surface area (Å²) in [6, 6.07) is 4.26. The first-order valence-electron chi connectivity index (χ1n) is 6.69. The van der Waals surface area contributed by atoms with Crippen molar-refractivity contribution in [3.8, 4) is 0 Å². The number of rotatable bonds is 3. The summed E-state index contributed by atoms with van der Waals surface area (Å²) in [6.07, 6.45) is 3.71. The fourth-order valence-electron chi connectivity index (χ4n) is 2.52. The molecule has 0 spiro atoms. The van der Waals surface area contributed by atoms with Crippen molar-refractivity contribution in [1.82, 2.24) is 19.9 Å². The first-order chi connectivity index (χ1) is 10.2. The number of benzene rings is 1. The van der Waals surface area contributed by atoms with Gasteiger partial charge in [0.2, 0.25) is 0 Å². The summed E-state index contributed by atoms with van der Waals surface area (Å²) in [7, 11) is 0. The third-order valence-electron chi connectivity index (χ3n) is 3.66. The van der Waals surface area contributed by atoms with Crippen molar-refractivity contribution in [2.75, 3.05) is 6.54 Å². The van der Waals surface area contributed by atoms with Gasteiger partial charge in [0.1, 0.15) is 11.6 Å². The van der Waals surface area contributed by atoms with Crippen LogP contribution in [0.15, 0.2) is 30.6 Å². The van der Waals surface area contributed by atoms with E-state index in [1.165, 1.54) is 12.1 Å². The van der Waals surface area contributed by atoms with Gasteiger partial charge in [-0.1, -0.05) is 0 Å². The Bertz CT molecular complexity index is 669. The van der Waals surface area contributed by atoms with Crippen LogP contribution in [-0.2, 0) is 19.6 Å². The zero-order valence-corrected chi connectivity index (χ0v) is 11.4. The van der Waals surface area contributed by atoms with Gasteiger partial charge in [0, 0.05) is 43.2 Å². The van der Waals surface area contributed by atoms with Crippen LogP contribution in [0.3, 0.4) is 0 Å². The molecule has 3 N–H and O–H groups in total. The Hall–Kier alpha value is -2.25. The molecule has 1 aromatic heterocycles. The molecule has 1 aromatic carbocycles. The Morgan fingerprint density at radius 3 is 3.10 bits per heavy atom. The average molecular weight is 289 g/mol. The van der Waals surface area contributed by atoms with E-state index in [0.717, 1.165) is 18.9 Å². The molecule has 1 amide bonds. The number of hydrazine groups is 1. The Balaban J connectivity index is 1.77. The van der Waals surface area contributed by atoms with Crippen LogP contribution in [0.25, 0.3) is 0 Å². The minimum Gasteiger partial charge on any atom is -0.333 e. The quantitative estimate of drug-likeness (QED) is 0.494. The maximum atomic E-state index is 13.9. The molecule has 1 aliphatic heterocycles. The Morgan fingerprint density at radius 2 is 2.29 bits per heavy atom. The van der Waals surface area contributed by atoms with Gasteiger partial charge >= 0.3 is 0 Å². The van der Waals surface area contributed by atoms with Crippen LogP contribution < -0.4 is 11.3 Å². The molecule has 7 heteroatoms.